The van der Waals surface area contributed by atoms with Gasteiger partial charge in [-0.2, -0.15) is 0 Å². The van der Waals surface area contributed by atoms with Crippen molar-refractivity contribution in [1.29, 1.82) is 0 Å². The summed E-state index contributed by atoms with van der Waals surface area (Å²) < 4.78 is 0. The van der Waals surface area contributed by atoms with Gasteiger partial charge in [0.25, 0.3) is 5.91 Å². The number of amides is 1. The third-order valence-electron chi connectivity index (χ3n) is 2.09. The number of rotatable bonds is 4. The van der Waals surface area contributed by atoms with Crippen molar-refractivity contribution in [2.45, 2.75) is 19.4 Å². The van der Waals surface area contributed by atoms with Crippen molar-refractivity contribution in [3.63, 3.8) is 0 Å². The molecule has 16 heavy (non-hydrogen) atoms. The Labute approximate surface area is 104 Å². The summed E-state index contributed by atoms with van der Waals surface area (Å²) in [5.74, 6) is -0.295. The highest BCUT2D eigenvalue weighted by molar-refractivity contribution is 6.35. The van der Waals surface area contributed by atoms with Crippen LogP contribution < -0.4 is 5.32 Å². The Morgan fingerprint density at radius 2 is 1.94 bits per heavy atom. The number of halogens is 2. The van der Waals surface area contributed by atoms with E-state index in [0.717, 1.165) is 0 Å². The lowest BCUT2D eigenvalue weighted by molar-refractivity contribution is 0.0914. The number of hydrogen-bond donors (Lipinski definition) is 2. The van der Waals surface area contributed by atoms with Crippen LogP contribution in [0.15, 0.2) is 18.2 Å². The molecule has 1 amide bonds. The van der Waals surface area contributed by atoms with E-state index < -0.39 is 6.10 Å². The molecule has 0 aliphatic carbocycles. The maximum Gasteiger partial charge on any atom is 0.251 e. The van der Waals surface area contributed by atoms with E-state index in [4.69, 9.17) is 23.2 Å². The predicted octanol–water partition coefficient (Wildman–Crippen LogP) is 2.49. The zero-order valence-corrected chi connectivity index (χ0v) is 10.3. The molecule has 0 spiro atoms. The molecule has 0 saturated heterocycles. The fourth-order valence-corrected chi connectivity index (χ4v) is 1.67. The van der Waals surface area contributed by atoms with Gasteiger partial charge in [-0.25, -0.2) is 0 Å². The van der Waals surface area contributed by atoms with Crippen LogP contribution in [-0.4, -0.2) is 23.7 Å². The largest absolute Gasteiger partial charge is 0.391 e. The third kappa shape index (κ3) is 4.00. The molecule has 0 aliphatic rings. The SMILES string of the molecule is CCC(O)CNC(=O)c1cc(Cl)cc(Cl)c1. The first-order valence-corrected chi connectivity index (χ1v) is 5.71. The lowest BCUT2D eigenvalue weighted by Crippen LogP contribution is -2.31. The van der Waals surface area contributed by atoms with Gasteiger partial charge in [-0.05, 0) is 24.6 Å². The minimum atomic E-state index is -0.529. The van der Waals surface area contributed by atoms with E-state index in [-0.39, 0.29) is 12.5 Å². The number of aliphatic hydroxyl groups is 1. The number of carbonyl (C=O) groups excluding carboxylic acids is 1. The van der Waals surface area contributed by atoms with E-state index in [1.165, 1.54) is 12.1 Å². The van der Waals surface area contributed by atoms with E-state index >= 15 is 0 Å². The summed E-state index contributed by atoms with van der Waals surface area (Å²) in [6, 6.07) is 4.61. The quantitative estimate of drug-likeness (QED) is 0.875. The molecule has 0 fully saturated rings. The summed E-state index contributed by atoms with van der Waals surface area (Å²) in [6.07, 6.45) is 0.0648. The van der Waals surface area contributed by atoms with Gasteiger partial charge in [0.2, 0.25) is 0 Å². The van der Waals surface area contributed by atoms with Gasteiger partial charge in [0.05, 0.1) is 6.10 Å². The molecule has 1 atom stereocenters. The molecular formula is C11H13Cl2NO2. The van der Waals surface area contributed by atoms with Crippen LogP contribution in [0.5, 0.6) is 0 Å². The first-order valence-electron chi connectivity index (χ1n) is 4.95. The molecule has 0 aromatic heterocycles. The van der Waals surface area contributed by atoms with Crippen molar-refractivity contribution >= 4 is 29.1 Å². The van der Waals surface area contributed by atoms with Crippen LogP contribution in [0.4, 0.5) is 0 Å². The summed E-state index contributed by atoms with van der Waals surface area (Å²) in [5, 5.41) is 12.7. The molecule has 1 aromatic rings. The monoisotopic (exact) mass is 261 g/mol. The lowest BCUT2D eigenvalue weighted by atomic mass is 10.2. The molecular weight excluding hydrogens is 249 g/mol. The van der Waals surface area contributed by atoms with Crippen LogP contribution in [0, 0.1) is 0 Å². The van der Waals surface area contributed by atoms with Gasteiger partial charge in [-0.15, -0.1) is 0 Å². The lowest BCUT2D eigenvalue weighted by Gasteiger charge is -2.09. The molecule has 0 heterocycles. The minimum absolute atomic E-state index is 0.222. The van der Waals surface area contributed by atoms with E-state index in [2.05, 4.69) is 5.32 Å². The van der Waals surface area contributed by atoms with Gasteiger partial charge in [0.15, 0.2) is 0 Å². The molecule has 0 radical (unpaired) electrons. The Morgan fingerprint density at radius 1 is 1.38 bits per heavy atom. The molecule has 5 heteroatoms. The summed E-state index contributed by atoms with van der Waals surface area (Å²) in [4.78, 5) is 11.6. The first kappa shape index (κ1) is 13.3. The Balaban J connectivity index is 2.66. The maximum absolute atomic E-state index is 11.6. The molecule has 88 valence electrons. The molecule has 1 rings (SSSR count). The Kier molecular flexibility index (Phi) is 5.06. The van der Waals surface area contributed by atoms with E-state index in [9.17, 15) is 9.90 Å². The molecule has 2 N–H and O–H groups in total. The molecule has 1 unspecified atom stereocenters. The fourth-order valence-electron chi connectivity index (χ4n) is 1.14. The molecule has 0 aliphatic heterocycles. The average Bonchev–Trinajstić information content (AvgIpc) is 2.23. The third-order valence-corrected chi connectivity index (χ3v) is 2.53. The molecule has 3 nitrogen and oxygen atoms in total. The van der Waals surface area contributed by atoms with Gasteiger partial charge in [-0.3, -0.25) is 4.79 Å². The molecule has 1 aromatic carbocycles. The number of hydrogen-bond acceptors (Lipinski definition) is 2. The van der Waals surface area contributed by atoms with E-state index in [1.54, 1.807) is 6.07 Å². The van der Waals surface area contributed by atoms with Crippen LogP contribution in [0.2, 0.25) is 10.0 Å². The first-order chi connectivity index (χ1) is 7.52. The molecule has 0 bridgehead atoms. The predicted molar refractivity (Wildman–Crippen MR) is 65.1 cm³/mol. The smallest absolute Gasteiger partial charge is 0.251 e. The van der Waals surface area contributed by atoms with Gasteiger partial charge < -0.3 is 10.4 Å². The van der Waals surface area contributed by atoms with Gasteiger partial charge >= 0.3 is 0 Å². The second kappa shape index (κ2) is 6.09. The average molecular weight is 262 g/mol. The van der Waals surface area contributed by atoms with Crippen LogP contribution >= 0.6 is 23.2 Å². The Morgan fingerprint density at radius 3 is 2.44 bits per heavy atom. The summed E-state index contributed by atoms with van der Waals surface area (Å²) in [6.45, 7) is 2.06. The minimum Gasteiger partial charge on any atom is -0.391 e. The van der Waals surface area contributed by atoms with Gasteiger partial charge in [0, 0.05) is 22.2 Å². The van der Waals surface area contributed by atoms with Crippen LogP contribution in [0.1, 0.15) is 23.7 Å². The van der Waals surface area contributed by atoms with Gasteiger partial charge in [0.1, 0.15) is 0 Å². The number of carbonyl (C=O) groups is 1. The van der Waals surface area contributed by atoms with Crippen LogP contribution in [0.25, 0.3) is 0 Å². The number of benzene rings is 1. The molecule has 0 saturated carbocycles. The van der Waals surface area contributed by atoms with Crippen molar-refractivity contribution in [1.82, 2.24) is 5.32 Å². The van der Waals surface area contributed by atoms with Crippen molar-refractivity contribution in [2.24, 2.45) is 0 Å². The van der Waals surface area contributed by atoms with Crippen molar-refractivity contribution < 1.29 is 9.90 Å². The summed E-state index contributed by atoms with van der Waals surface area (Å²) >= 11 is 11.5. The summed E-state index contributed by atoms with van der Waals surface area (Å²) in [5.41, 5.74) is 0.390. The zero-order valence-electron chi connectivity index (χ0n) is 8.84. The standard InChI is InChI=1S/C11H13Cl2NO2/c1-2-10(15)6-14-11(16)7-3-8(12)5-9(13)4-7/h3-5,10,15H,2,6H2,1H3,(H,14,16). The fraction of sp³-hybridized carbons (Fsp3) is 0.364. The Hall–Kier alpha value is -0.770. The van der Waals surface area contributed by atoms with Crippen LogP contribution in [0.3, 0.4) is 0 Å². The van der Waals surface area contributed by atoms with Crippen LogP contribution in [-0.2, 0) is 0 Å². The van der Waals surface area contributed by atoms with Gasteiger partial charge in [-0.1, -0.05) is 30.1 Å². The highest BCUT2D eigenvalue weighted by atomic mass is 35.5. The number of nitrogens with one attached hydrogen (secondary N) is 1. The van der Waals surface area contributed by atoms with Crippen molar-refractivity contribution in [3.8, 4) is 0 Å². The van der Waals surface area contributed by atoms with E-state index in [1.807, 2.05) is 6.92 Å². The summed E-state index contributed by atoms with van der Waals surface area (Å²) in [7, 11) is 0. The normalized spacial score (nSPS) is 12.2. The topological polar surface area (TPSA) is 49.3 Å². The maximum atomic E-state index is 11.6. The highest BCUT2D eigenvalue weighted by Crippen LogP contribution is 2.18. The van der Waals surface area contributed by atoms with Crippen molar-refractivity contribution in [3.05, 3.63) is 33.8 Å². The number of aliphatic hydroxyl groups excluding tert-OH is 1. The highest BCUT2D eigenvalue weighted by Gasteiger charge is 2.09. The Bertz CT molecular complexity index is 362. The van der Waals surface area contributed by atoms with E-state index in [0.29, 0.717) is 22.0 Å². The van der Waals surface area contributed by atoms with Crippen molar-refractivity contribution in [2.75, 3.05) is 6.54 Å². The zero-order chi connectivity index (χ0) is 12.1. The second-order valence-corrected chi connectivity index (χ2v) is 4.30. The second-order valence-electron chi connectivity index (χ2n) is 3.43.